The van der Waals surface area contributed by atoms with Crippen LogP contribution in [-0.2, 0) is 23.5 Å². The van der Waals surface area contributed by atoms with Crippen LogP contribution in [0.3, 0.4) is 0 Å². The first-order chi connectivity index (χ1) is 22.8. The second-order valence-electron chi connectivity index (χ2n) is 11.8. The summed E-state index contributed by atoms with van der Waals surface area (Å²) in [6.07, 6.45) is -0.0880. The fourth-order valence-corrected chi connectivity index (χ4v) is 7.16. The van der Waals surface area contributed by atoms with Gasteiger partial charge in [0.2, 0.25) is 10.0 Å². The number of hydrogen-bond donors (Lipinski definition) is 3. The second kappa shape index (κ2) is 13.9. The molecule has 1 aliphatic heterocycles. The Kier molecular flexibility index (Phi) is 10.1. The molecule has 5 rings (SSSR count). The smallest absolute Gasteiger partial charge is 0.332 e. The van der Waals surface area contributed by atoms with Gasteiger partial charge in [-0.1, -0.05) is 19.4 Å². The molecule has 1 atom stereocenters. The molecule has 1 unspecified atom stereocenters. The number of fused-ring (bicyclic) bond motifs is 1. The Morgan fingerprint density at radius 1 is 1.04 bits per heavy atom. The first kappa shape index (κ1) is 34.8. The van der Waals surface area contributed by atoms with Crippen LogP contribution in [0.25, 0.3) is 22.4 Å². The van der Waals surface area contributed by atoms with E-state index in [1.54, 1.807) is 14.0 Å². The topological polar surface area (TPSA) is 184 Å². The number of carbonyl (C=O) groups is 1. The van der Waals surface area contributed by atoms with E-state index in [0.717, 1.165) is 9.47 Å². The lowest BCUT2D eigenvalue weighted by atomic mass is 10.1. The van der Waals surface area contributed by atoms with Crippen molar-refractivity contribution in [3.8, 4) is 28.6 Å². The molecule has 0 radical (unpaired) electrons. The summed E-state index contributed by atoms with van der Waals surface area (Å²) in [6, 6.07) is 7.23. The van der Waals surface area contributed by atoms with Gasteiger partial charge in [-0.05, 0) is 56.3 Å². The zero-order valence-electron chi connectivity index (χ0n) is 27.6. The third-order valence-electron chi connectivity index (χ3n) is 8.35. The van der Waals surface area contributed by atoms with Gasteiger partial charge in [0.25, 0.3) is 5.56 Å². The molecule has 258 valence electrons. The van der Waals surface area contributed by atoms with Crippen LogP contribution >= 0.6 is 0 Å². The van der Waals surface area contributed by atoms with Crippen LogP contribution in [-0.4, -0.2) is 117 Å². The molecule has 1 aliphatic rings. The third kappa shape index (κ3) is 6.60. The molecule has 15 nitrogen and oxygen atoms in total. The van der Waals surface area contributed by atoms with E-state index in [9.17, 15) is 33.3 Å². The summed E-state index contributed by atoms with van der Waals surface area (Å²) in [6.45, 7) is 5.35. The van der Waals surface area contributed by atoms with Gasteiger partial charge in [-0.25, -0.2) is 22.8 Å². The zero-order valence-corrected chi connectivity index (χ0v) is 28.4. The van der Waals surface area contributed by atoms with Crippen LogP contribution < -0.4 is 10.3 Å². The van der Waals surface area contributed by atoms with Crippen molar-refractivity contribution in [2.45, 2.75) is 37.7 Å². The lowest BCUT2D eigenvalue weighted by Gasteiger charge is -2.31. The molecule has 1 amide bonds. The number of aromatic nitrogens is 4. The maximum atomic E-state index is 14.3. The van der Waals surface area contributed by atoms with Gasteiger partial charge in [0, 0.05) is 40.3 Å². The molecule has 2 aromatic carbocycles. The van der Waals surface area contributed by atoms with Crippen molar-refractivity contribution in [1.82, 2.24) is 33.4 Å². The highest BCUT2D eigenvalue weighted by Crippen LogP contribution is 2.34. The van der Waals surface area contributed by atoms with E-state index in [1.807, 2.05) is 18.9 Å². The predicted octanol–water partition coefficient (Wildman–Crippen LogP) is 2.13. The van der Waals surface area contributed by atoms with Crippen LogP contribution in [0.15, 0.2) is 46.1 Å². The average Bonchev–Trinajstić information content (AvgIpc) is 3.37. The minimum Gasteiger partial charge on any atom is -0.504 e. The van der Waals surface area contributed by atoms with Crippen molar-refractivity contribution >= 4 is 27.1 Å². The largest absolute Gasteiger partial charge is 0.504 e. The summed E-state index contributed by atoms with van der Waals surface area (Å²) in [7, 11) is 0.927. The summed E-state index contributed by atoms with van der Waals surface area (Å²) in [4.78, 5) is 36.4. The summed E-state index contributed by atoms with van der Waals surface area (Å²) in [5.41, 5.74) is 0.497. The van der Waals surface area contributed by atoms with E-state index in [1.165, 1.54) is 52.4 Å². The number of carbonyl (C=O) groups excluding carboxylic acids is 1. The number of aliphatic hydroxyl groups is 1. The highest BCUT2D eigenvalue weighted by Gasteiger charge is 2.31. The van der Waals surface area contributed by atoms with Gasteiger partial charge >= 0.3 is 6.03 Å². The quantitative estimate of drug-likeness (QED) is 0.208. The second-order valence-corrected chi connectivity index (χ2v) is 13.8. The molecule has 16 heteroatoms. The Hall–Kier alpha value is -4.51. The monoisotopic (exact) mass is 683 g/mol. The number of amides is 1. The Labute approximate surface area is 278 Å². The minimum atomic E-state index is -3.96. The molecular weight excluding hydrogens is 642 g/mol. The van der Waals surface area contributed by atoms with Gasteiger partial charge in [0.1, 0.15) is 11.3 Å². The number of phenolic OH excluding ortho intramolecular Hbond substituents is 2. The van der Waals surface area contributed by atoms with E-state index in [2.05, 4.69) is 5.10 Å². The highest BCUT2D eigenvalue weighted by atomic mass is 32.2. The lowest BCUT2D eigenvalue weighted by Crippen LogP contribution is -2.47. The van der Waals surface area contributed by atoms with Crippen molar-refractivity contribution in [1.29, 1.82) is 0 Å². The minimum absolute atomic E-state index is 0.0465. The number of aliphatic hydroxyl groups excluding tert-OH is 1. The number of hydrogen-bond acceptors (Lipinski definition) is 11. The number of rotatable bonds is 10. The van der Waals surface area contributed by atoms with Crippen LogP contribution in [0.2, 0.25) is 0 Å². The molecule has 0 bridgehead atoms. The molecule has 4 aromatic rings. The van der Waals surface area contributed by atoms with E-state index in [0.29, 0.717) is 44.7 Å². The number of ether oxygens (including phenoxy) is 1. The number of likely N-dealkylation sites (N-methyl/N-ethyl adjacent to an activating group) is 2. The van der Waals surface area contributed by atoms with Crippen molar-refractivity contribution in [3.05, 3.63) is 58.0 Å². The Bertz CT molecular complexity index is 2000. The summed E-state index contributed by atoms with van der Waals surface area (Å²) in [5.74, 6) is -0.745. The van der Waals surface area contributed by atoms with Crippen LogP contribution in [0, 0.1) is 0 Å². The van der Waals surface area contributed by atoms with E-state index < -0.39 is 33.5 Å². The van der Waals surface area contributed by atoms with Crippen molar-refractivity contribution in [2.75, 3.05) is 53.4 Å². The number of aromatic hydroxyl groups is 2. The number of sulfonamides is 1. The molecule has 3 N–H and O–H groups in total. The number of piperazine rings is 1. The van der Waals surface area contributed by atoms with Crippen molar-refractivity contribution in [3.63, 3.8) is 0 Å². The first-order valence-corrected chi connectivity index (χ1v) is 17.1. The Balaban J connectivity index is 1.68. The van der Waals surface area contributed by atoms with E-state index >= 15 is 0 Å². The Morgan fingerprint density at radius 3 is 2.40 bits per heavy atom. The summed E-state index contributed by atoms with van der Waals surface area (Å²) >= 11 is 0. The van der Waals surface area contributed by atoms with Gasteiger partial charge in [-0.15, -0.1) is 0 Å². The van der Waals surface area contributed by atoms with Crippen LogP contribution in [0.1, 0.15) is 37.6 Å². The molecular formula is C32H41N7O8S. The molecule has 2 aromatic heterocycles. The molecule has 1 fully saturated rings. The standard InChI is InChI=1S/C32H41N7O8S/c1-6-8-23-28-29(37(5)34-23)31(43)39(32(44)36(4)19-26(42)20-9-11-24(40)25(41)17-20)30(33-28)22-18-21(10-12-27(22)47-7-2)48(45,46)38-15-13-35(3)14-16-38/h9-12,17-18,26,40-42H,6-8,13-16,19H2,1-5H3. The fourth-order valence-electron chi connectivity index (χ4n) is 5.71. The maximum Gasteiger partial charge on any atom is 0.332 e. The normalized spacial score (nSPS) is 15.1. The molecule has 0 spiro atoms. The molecule has 1 saturated heterocycles. The SMILES string of the molecule is CCCc1nn(C)c2c(=O)n(C(=O)N(C)CC(O)c3ccc(O)c(O)c3)c(-c3cc(S(=O)(=O)N4CCN(C)CC4)ccc3OCC)nc12. The summed E-state index contributed by atoms with van der Waals surface area (Å²) in [5, 5.41) is 35.0. The van der Waals surface area contributed by atoms with Crippen molar-refractivity contribution in [2.24, 2.45) is 7.05 Å². The fraction of sp³-hybridized carbons (Fsp3) is 0.438. The van der Waals surface area contributed by atoms with Gasteiger partial charge in [-0.2, -0.15) is 9.40 Å². The van der Waals surface area contributed by atoms with Crippen LogP contribution in [0.5, 0.6) is 17.2 Å². The van der Waals surface area contributed by atoms with Gasteiger partial charge in [-0.3, -0.25) is 9.48 Å². The molecule has 0 aliphatic carbocycles. The van der Waals surface area contributed by atoms with Gasteiger partial charge in [0.15, 0.2) is 22.8 Å². The van der Waals surface area contributed by atoms with Gasteiger partial charge in [0.05, 0.1) is 35.4 Å². The molecule has 48 heavy (non-hydrogen) atoms. The number of aryl methyl sites for hydroxylation is 2. The molecule has 0 saturated carbocycles. The zero-order chi connectivity index (χ0) is 34.9. The number of benzene rings is 2. The van der Waals surface area contributed by atoms with Crippen LogP contribution in [0.4, 0.5) is 4.79 Å². The average molecular weight is 684 g/mol. The number of phenols is 2. The van der Waals surface area contributed by atoms with E-state index in [4.69, 9.17) is 9.72 Å². The number of nitrogens with zero attached hydrogens (tertiary/aromatic N) is 7. The third-order valence-corrected chi connectivity index (χ3v) is 10.2. The first-order valence-electron chi connectivity index (χ1n) is 15.7. The lowest BCUT2D eigenvalue weighted by molar-refractivity contribution is 0.131. The predicted molar refractivity (Wildman–Crippen MR) is 178 cm³/mol. The summed E-state index contributed by atoms with van der Waals surface area (Å²) < 4.78 is 37.1. The molecule has 3 heterocycles. The highest BCUT2D eigenvalue weighted by molar-refractivity contribution is 7.89. The van der Waals surface area contributed by atoms with E-state index in [-0.39, 0.29) is 57.5 Å². The maximum absolute atomic E-state index is 14.3. The van der Waals surface area contributed by atoms with Gasteiger partial charge < -0.3 is 29.9 Å². The Morgan fingerprint density at radius 2 is 1.75 bits per heavy atom. The van der Waals surface area contributed by atoms with Crippen molar-refractivity contribution < 1.29 is 33.3 Å².